The lowest BCUT2D eigenvalue weighted by molar-refractivity contribution is 0.104. The van der Waals surface area contributed by atoms with Gasteiger partial charge >= 0.3 is 0 Å². The summed E-state index contributed by atoms with van der Waals surface area (Å²) in [6.07, 6.45) is 5.92. The summed E-state index contributed by atoms with van der Waals surface area (Å²) >= 11 is 0. The van der Waals surface area contributed by atoms with E-state index in [1.807, 2.05) is 12.1 Å². The summed E-state index contributed by atoms with van der Waals surface area (Å²) in [7, 11) is 0. The highest BCUT2D eigenvalue weighted by Gasteiger charge is 2.03. The molecule has 1 aromatic rings. The van der Waals surface area contributed by atoms with E-state index in [1.54, 1.807) is 6.08 Å². The van der Waals surface area contributed by atoms with Gasteiger partial charge in [0.25, 0.3) is 0 Å². The average Bonchev–Trinajstić information content (AvgIpc) is 2.37. The number of carbonyl (C=O) groups excluding carboxylic acids is 1. The number of hydrogen-bond donors (Lipinski definition) is 0. The Morgan fingerprint density at radius 3 is 2.12 bits per heavy atom. The maximum atomic E-state index is 12.0. The maximum absolute atomic E-state index is 12.0. The highest BCUT2D eigenvalue weighted by atomic mass is 16.1. The Balaban J connectivity index is 2.79. The number of rotatable bonds is 6. The molecule has 0 aromatic heterocycles. The molecule has 0 heterocycles. The first-order valence-electron chi connectivity index (χ1n) is 6.53. The van der Waals surface area contributed by atoms with Gasteiger partial charge in [-0.15, -0.1) is 0 Å². The van der Waals surface area contributed by atoms with Gasteiger partial charge in [-0.2, -0.15) is 0 Å². The van der Waals surface area contributed by atoms with Crippen LogP contribution in [-0.2, 0) is 6.42 Å². The Kier molecular flexibility index (Phi) is 5.68. The number of benzene rings is 1. The van der Waals surface area contributed by atoms with Crippen molar-refractivity contribution in [3.05, 3.63) is 47.0 Å². The van der Waals surface area contributed by atoms with Gasteiger partial charge in [0, 0.05) is 5.56 Å². The standard InChI is InChI=1S/C16H22O/c1-4-7-14-8-10-15(11-9-14)16(17)12-13(5-2)6-3/h8-12H,4-7H2,1-3H3. The summed E-state index contributed by atoms with van der Waals surface area (Å²) in [6.45, 7) is 6.34. The second-order valence-electron chi connectivity index (χ2n) is 4.32. The maximum Gasteiger partial charge on any atom is 0.185 e. The lowest BCUT2D eigenvalue weighted by atomic mass is 10.0. The van der Waals surface area contributed by atoms with Crippen LogP contribution in [0.15, 0.2) is 35.9 Å². The molecule has 92 valence electrons. The zero-order chi connectivity index (χ0) is 12.7. The van der Waals surface area contributed by atoms with E-state index in [0.717, 1.165) is 31.2 Å². The Morgan fingerprint density at radius 1 is 1.06 bits per heavy atom. The molecule has 0 aliphatic heterocycles. The molecule has 0 bridgehead atoms. The monoisotopic (exact) mass is 230 g/mol. The van der Waals surface area contributed by atoms with E-state index in [4.69, 9.17) is 0 Å². The largest absolute Gasteiger partial charge is 0.289 e. The van der Waals surface area contributed by atoms with Crippen LogP contribution in [0.4, 0.5) is 0 Å². The van der Waals surface area contributed by atoms with Gasteiger partial charge in [0.05, 0.1) is 0 Å². The van der Waals surface area contributed by atoms with Gasteiger partial charge in [0.15, 0.2) is 5.78 Å². The molecule has 0 fully saturated rings. The molecule has 17 heavy (non-hydrogen) atoms. The number of aryl methyl sites for hydroxylation is 1. The van der Waals surface area contributed by atoms with Crippen molar-refractivity contribution >= 4 is 5.78 Å². The van der Waals surface area contributed by atoms with Crippen molar-refractivity contribution in [2.75, 3.05) is 0 Å². The van der Waals surface area contributed by atoms with Crippen LogP contribution in [0.1, 0.15) is 56.0 Å². The fourth-order valence-electron chi connectivity index (χ4n) is 1.85. The van der Waals surface area contributed by atoms with E-state index in [0.29, 0.717) is 0 Å². The second kappa shape index (κ2) is 7.05. The number of allylic oxidation sites excluding steroid dienone is 2. The van der Waals surface area contributed by atoms with Crippen LogP contribution in [0.2, 0.25) is 0 Å². The van der Waals surface area contributed by atoms with Gasteiger partial charge in [-0.1, -0.05) is 57.0 Å². The smallest absolute Gasteiger partial charge is 0.185 e. The van der Waals surface area contributed by atoms with Crippen LogP contribution < -0.4 is 0 Å². The second-order valence-corrected chi connectivity index (χ2v) is 4.32. The molecular weight excluding hydrogens is 208 g/mol. The molecule has 1 rings (SSSR count). The lowest BCUT2D eigenvalue weighted by Gasteiger charge is -2.02. The summed E-state index contributed by atoms with van der Waals surface area (Å²) in [5.41, 5.74) is 3.32. The zero-order valence-corrected chi connectivity index (χ0v) is 11.1. The van der Waals surface area contributed by atoms with E-state index in [-0.39, 0.29) is 5.78 Å². The van der Waals surface area contributed by atoms with E-state index in [1.165, 1.54) is 11.1 Å². The number of ketones is 1. The molecule has 0 radical (unpaired) electrons. The minimum Gasteiger partial charge on any atom is -0.289 e. The predicted octanol–water partition coefficient (Wildman–Crippen LogP) is 4.57. The topological polar surface area (TPSA) is 17.1 Å². The van der Waals surface area contributed by atoms with Crippen molar-refractivity contribution < 1.29 is 4.79 Å². The van der Waals surface area contributed by atoms with Crippen molar-refractivity contribution in [1.29, 1.82) is 0 Å². The van der Waals surface area contributed by atoms with E-state index >= 15 is 0 Å². The molecule has 0 unspecified atom stereocenters. The van der Waals surface area contributed by atoms with Crippen molar-refractivity contribution in [3.8, 4) is 0 Å². The van der Waals surface area contributed by atoms with Crippen molar-refractivity contribution in [3.63, 3.8) is 0 Å². The van der Waals surface area contributed by atoms with Crippen LogP contribution in [0.25, 0.3) is 0 Å². The molecule has 1 nitrogen and oxygen atoms in total. The fraction of sp³-hybridized carbons (Fsp3) is 0.438. The Hall–Kier alpha value is -1.37. The normalized spacial score (nSPS) is 10.1. The van der Waals surface area contributed by atoms with Crippen LogP contribution >= 0.6 is 0 Å². The summed E-state index contributed by atoms with van der Waals surface area (Å²) < 4.78 is 0. The summed E-state index contributed by atoms with van der Waals surface area (Å²) in [4.78, 5) is 12.0. The fourth-order valence-corrected chi connectivity index (χ4v) is 1.85. The van der Waals surface area contributed by atoms with Crippen molar-refractivity contribution in [1.82, 2.24) is 0 Å². The highest BCUT2D eigenvalue weighted by Crippen LogP contribution is 2.11. The van der Waals surface area contributed by atoms with Gasteiger partial charge < -0.3 is 0 Å². The van der Waals surface area contributed by atoms with Crippen LogP contribution in [0.3, 0.4) is 0 Å². The first-order valence-corrected chi connectivity index (χ1v) is 6.53. The zero-order valence-electron chi connectivity index (χ0n) is 11.1. The molecule has 0 atom stereocenters. The molecule has 1 aromatic carbocycles. The third-order valence-electron chi connectivity index (χ3n) is 3.02. The Morgan fingerprint density at radius 2 is 1.65 bits per heavy atom. The SMILES string of the molecule is CCCc1ccc(C(=O)C=C(CC)CC)cc1. The third kappa shape index (κ3) is 4.18. The van der Waals surface area contributed by atoms with E-state index in [2.05, 4.69) is 32.9 Å². The van der Waals surface area contributed by atoms with Gasteiger partial charge in [-0.05, 0) is 30.9 Å². The Labute approximate surface area is 105 Å². The molecule has 1 heteroatoms. The van der Waals surface area contributed by atoms with E-state index in [9.17, 15) is 4.79 Å². The predicted molar refractivity (Wildman–Crippen MR) is 73.4 cm³/mol. The first kappa shape index (κ1) is 13.7. The van der Waals surface area contributed by atoms with Crippen LogP contribution in [-0.4, -0.2) is 5.78 Å². The molecule has 0 spiro atoms. The lowest BCUT2D eigenvalue weighted by Crippen LogP contribution is -1.97. The van der Waals surface area contributed by atoms with Crippen LogP contribution in [0, 0.1) is 0 Å². The molecular formula is C16H22O. The van der Waals surface area contributed by atoms with Crippen molar-refractivity contribution in [2.45, 2.75) is 46.5 Å². The molecule has 0 amide bonds. The number of carbonyl (C=O) groups is 1. The molecule has 0 aliphatic rings. The summed E-state index contributed by atoms with van der Waals surface area (Å²) in [5.74, 6) is 0.131. The molecule has 0 saturated carbocycles. The first-order chi connectivity index (χ1) is 8.21. The highest BCUT2D eigenvalue weighted by molar-refractivity contribution is 6.04. The Bertz CT molecular complexity index is 378. The molecule has 0 N–H and O–H groups in total. The minimum atomic E-state index is 0.131. The van der Waals surface area contributed by atoms with Gasteiger partial charge in [0.2, 0.25) is 0 Å². The third-order valence-corrected chi connectivity index (χ3v) is 3.02. The van der Waals surface area contributed by atoms with Crippen molar-refractivity contribution in [2.24, 2.45) is 0 Å². The van der Waals surface area contributed by atoms with Gasteiger partial charge in [0.1, 0.15) is 0 Å². The summed E-state index contributed by atoms with van der Waals surface area (Å²) in [5, 5.41) is 0. The molecule has 0 aliphatic carbocycles. The number of hydrogen-bond acceptors (Lipinski definition) is 1. The minimum absolute atomic E-state index is 0.131. The van der Waals surface area contributed by atoms with Gasteiger partial charge in [-0.25, -0.2) is 0 Å². The summed E-state index contributed by atoms with van der Waals surface area (Å²) in [6, 6.07) is 7.99. The van der Waals surface area contributed by atoms with Gasteiger partial charge in [-0.3, -0.25) is 4.79 Å². The quantitative estimate of drug-likeness (QED) is 0.517. The van der Waals surface area contributed by atoms with E-state index < -0.39 is 0 Å². The van der Waals surface area contributed by atoms with Crippen LogP contribution in [0.5, 0.6) is 0 Å². The average molecular weight is 230 g/mol. The molecule has 0 saturated heterocycles.